The molecule has 5 nitrogen and oxygen atoms in total. The van der Waals surface area contributed by atoms with Gasteiger partial charge in [0.2, 0.25) is 0 Å². The number of amides is 2. The van der Waals surface area contributed by atoms with Crippen LogP contribution in [-0.4, -0.2) is 24.3 Å². The zero-order valence-electron chi connectivity index (χ0n) is 16.3. The molecule has 5 heteroatoms. The van der Waals surface area contributed by atoms with Gasteiger partial charge in [-0.25, -0.2) is 10.2 Å². The third-order valence-electron chi connectivity index (χ3n) is 4.73. The largest absolute Gasteiger partial charge is 0.363 e. The summed E-state index contributed by atoms with van der Waals surface area (Å²) < 4.78 is 0. The number of fused-ring (bicyclic) bond motifs is 1. The number of hydrogen-bond donors (Lipinski definition) is 2. The molecule has 0 unspecified atom stereocenters. The third-order valence-corrected chi connectivity index (χ3v) is 4.73. The monoisotopic (exact) mass is 362 g/mol. The molecule has 0 radical (unpaired) electrons. The fraction of sp³-hybridized carbons (Fsp3) is 0.273. The van der Waals surface area contributed by atoms with Crippen LogP contribution >= 0.6 is 0 Å². The Bertz CT molecular complexity index is 884. The fourth-order valence-electron chi connectivity index (χ4n) is 3.60. The van der Waals surface area contributed by atoms with Crippen molar-refractivity contribution in [1.82, 2.24) is 5.43 Å². The van der Waals surface area contributed by atoms with Crippen molar-refractivity contribution in [3.05, 3.63) is 65.7 Å². The van der Waals surface area contributed by atoms with Crippen molar-refractivity contribution in [1.29, 1.82) is 0 Å². The highest BCUT2D eigenvalue weighted by molar-refractivity contribution is 5.91. The van der Waals surface area contributed by atoms with Crippen molar-refractivity contribution >= 4 is 29.2 Å². The summed E-state index contributed by atoms with van der Waals surface area (Å²) in [6.45, 7) is 9.71. The number of para-hydroxylation sites is 1. The summed E-state index contributed by atoms with van der Waals surface area (Å²) in [6, 6.07) is 15.2. The Morgan fingerprint density at radius 3 is 2.63 bits per heavy atom. The van der Waals surface area contributed by atoms with Gasteiger partial charge in [0, 0.05) is 23.5 Å². The number of benzene rings is 2. The molecule has 1 aliphatic rings. The van der Waals surface area contributed by atoms with Crippen molar-refractivity contribution in [2.24, 2.45) is 5.10 Å². The summed E-state index contributed by atoms with van der Waals surface area (Å²) in [6.07, 6.45) is 3.96. The van der Waals surface area contributed by atoms with Gasteiger partial charge >= 0.3 is 6.03 Å². The maximum atomic E-state index is 11.9. The standard InChI is InChI=1S/C22H26N4O/c1-5-26-20-12-11-17(13-19(20)16(2)14-22(26,3)4)15-23-25-21(27)24-18-9-7-6-8-10-18/h6-15H,5H2,1-4H3,(H2,24,25,27)/b23-15+. The lowest BCUT2D eigenvalue weighted by atomic mass is 9.88. The normalized spacial score (nSPS) is 15.3. The van der Waals surface area contributed by atoms with E-state index in [0.29, 0.717) is 0 Å². The van der Waals surface area contributed by atoms with Gasteiger partial charge in [-0.3, -0.25) is 0 Å². The third kappa shape index (κ3) is 4.19. The first kappa shape index (κ1) is 18.7. The van der Waals surface area contributed by atoms with Crippen LogP contribution in [0.2, 0.25) is 0 Å². The summed E-state index contributed by atoms with van der Waals surface area (Å²) in [4.78, 5) is 14.3. The molecule has 2 aromatic carbocycles. The molecule has 3 rings (SSSR count). The summed E-state index contributed by atoms with van der Waals surface area (Å²) in [5.74, 6) is 0. The van der Waals surface area contributed by atoms with E-state index >= 15 is 0 Å². The van der Waals surface area contributed by atoms with Crippen molar-refractivity contribution in [3.8, 4) is 0 Å². The molecule has 2 N–H and O–H groups in total. The predicted octanol–water partition coefficient (Wildman–Crippen LogP) is 4.86. The lowest BCUT2D eigenvalue weighted by Crippen LogP contribution is -2.44. The Morgan fingerprint density at radius 2 is 1.93 bits per heavy atom. The Kier molecular flexibility index (Phi) is 5.31. The SMILES string of the molecule is CCN1c2ccc(/C=N/NC(=O)Nc3ccccc3)cc2C(C)=CC1(C)C. The molecule has 0 saturated carbocycles. The molecule has 0 saturated heterocycles. The topological polar surface area (TPSA) is 56.7 Å². The molecule has 0 atom stereocenters. The van der Waals surface area contributed by atoms with Crippen LogP contribution in [0.5, 0.6) is 0 Å². The number of anilines is 2. The van der Waals surface area contributed by atoms with Crippen LogP contribution < -0.4 is 15.6 Å². The highest BCUT2D eigenvalue weighted by Gasteiger charge is 2.29. The average Bonchev–Trinajstić information content (AvgIpc) is 2.62. The zero-order valence-corrected chi connectivity index (χ0v) is 16.3. The van der Waals surface area contributed by atoms with Crippen molar-refractivity contribution in [3.63, 3.8) is 0 Å². The highest BCUT2D eigenvalue weighted by atomic mass is 16.2. The van der Waals surface area contributed by atoms with Gasteiger partial charge in [0.25, 0.3) is 0 Å². The first-order chi connectivity index (χ1) is 12.9. The van der Waals surface area contributed by atoms with Crippen LogP contribution in [-0.2, 0) is 0 Å². The van der Waals surface area contributed by atoms with E-state index < -0.39 is 0 Å². The molecule has 2 aromatic rings. The summed E-state index contributed by atoms with van der Waals surface area (Å²) in [5, 5.41) is 6.79. The molecule has 1 aliphatic heterocycles. The number of allylic oxidation sites excluding steroid dienone is 1. The number of carbonyl (C=O) groups is 1. The molecule has 0 fully saturated rings. The van der Waals surface area contributed by atoms with Crippen molar-refractivity contribution in [2.75, 3.05) is 16.8 Å². The fourth-order valence-corrected chi connectivity index (χ4v) is 3.60. The Morgan fingerprint density at radius 1 is 1.19 bits per heavy atom. The second-order valence-electron chi connectivity index (χ2n) is 7.19. The van der Waals surface area contributed by atoms with Crippen LogP contribution in [0, 0.1) is 0 Å². The first-order valence-electron chi connectivity index (χ1n) is 9.17. The summed E-state index contributed by atoms with van der Waals surface area (Å²) >= 11 is 0. The minimum Gasteiger partial charge on any atom is -0.363 e. The van der Waals surface area contributed by atoms with Gasteiger partial charge in [0.15, 0.2) is 0 Å². The zero-order chi connectivity index (χ0) is 19.4. The van der Waals surface area contributed by atoms with Gasteiger partial charge in [-0.1, -0.05) is 30.3 Å². The second-order valence-corrected chi connectivity index (χ2v) is 7.19. The molecule has 0 spiro atoms. The lowest BCUT2D eigenvalue weighted by Gasteiger charge is -2.42. The quantitative estimate of drug-likeness (QED) is 0.602. The predicted molar refractivity (Wildman–Crippen MR) is 113 cm³/mol. The number of urea groups is 1. The van der Waals surface area contributed by atoms with E-state index in [9.17, 15) is 4.79 Å². The Hall–Kier alpha value is -3.08. The maximum Gasteiger partial charge on any atom is 0.339 e. The van der Waals surface area contributed by atoms with E-state index in [2.05, 4.69) is 66.6 Å². The smallest absolute Gasteiger partial charge is 0.339 e. The van der Waals surface area contributed by atoms with Crippen LogP contribution in [0.4, 0.5) is 16.2 Å². The van der Waals surface area contributed by atoms with Gasteiger partial charge in [-0.2, -0.15) is 5.10 Å². The van der Waals surface area contributed by atoms with E-state index in [1.807, 2.05) is 36.4 Å². The van der Waals surface area contributed by atoms with Gasteiger partial charge in [-0.15, -0.1) is 0 Å². The van der Waals surface area contributed by atoms with E-state index in [4.69, 9.17) is 0 Å². The molecule has 0 bridgehead atoms. The van der Waals surface area contributed by atoms with E-state index in [1.54, 1.807) is 6.21 Å². The van der Waals surface area contributed by atoms with Crippen LogP contribution in [0.25, 0.3) is 5.57 Å². The number of carbonyl (C=O) groups excluding carboxylic acids is 1. The molecular formula is C22H26N4O. The Labute approximate surface area is 160 Å². The molecular weight excluding hydrogens is 336 g/mol. The molecule has 1 heterocycles. The average molecular weight is 362 g/mol. The van der Waals surface area contributed by atoms with E-state index in [-0.39, 0.29) is 11.6 Å². The molecule has 27 heavy (non-hydrogen) atoms. The van der Waals surface area contributed by atoms with Crippen LogP contribution in [0.15, 0.2) is 59.7 Å². The number of rotatable bonds is 4. The summed E-state index contributed by atoms with van der Waals surface area (Å²) in [7, 11) is 0. The molecule has 0 aromatic heterocycles. The van der Waals surface area contributed by atoms with Crippen LogP contribution in [0.1, 0.15) is 38.8 Å². The summed E-state index contributed by atoms with van der Waals surface area (Å²) in [5.41, 5.74) is 7.85. The van der Waals surface area contributed by atoms with Gasteiger partial charge in [-0.05, 0) is 63.1 Å². The van der Waals surface area contributed by atoms with Crippen LogP contribution in [0.3, 0.4) is 0 Å². The first-order valence-corrected chi connectivity index (χ1v) is 9.17. The van der Waals surface area contributed by atoms with Crippen molar-refractivity contribution in [2.45, 2.75) is 33.2 Å². The number of nitrogens with one attached hydrogen (secondary N) is 2. The number of hydrogen-bond acceptors (Lipinski definition) is 3. The van der Waals surface area contributed by atoms with Gasteiger partial charge < -0.3 is 10.2 Å². The molecule has 2 amide bonds. The van der Waals surface area contributed by atoms with Gasteiger partial charge in [0.1, 0.15) is 0 Å². The minimum atomic E-state index is -0.370. The number of nitrogens with zero attached hydrogens (tertiary/aromatic N) is 2. The highest BCUT2D eigenvalue weighted by Crippen LogP contribution is 2.38. The van der Waals surface area contributed by atoms with Crippen molar-refractivity contribution < 1.29 is 4.79 Å². The maximum absolute atomic E-state index is 11.9. The molecule has 140 valence electrons. The van der Waals surface area contributed by atoms with E-state index in [1.165, 1.54) is 16.8 Å². The van der Waals surface area contributed by atoms with E-state index in [0.717, 1.165) is 17.8 Å². The lowest BCUT2D eigenvalue weighted by molar-refractivity contribution is 0.252. The Balaban J connectivity index is 1.71. The van der Waals surface area contributed by atoms with Gasteiger partial charge in [0.05, 0.1) is 11.8 Å². The number of hydrazone groups is 1. The number of likely N-dealkylation sites (N-methyl/N-ethyl adjacent to an activating group) is 1. The molecule has 0 aliphatic carbocycles. The second kappa shape index (κ2) is 7.66. The minimum absolute atomic E-state index is 0.00147.